The number of fused-ring (bicyclic) bond motifs is 1. The number of aromatic nitrogens is 1. The molecule has 4 rings (SSSR count). The average molecular weight is 365 g/mol. The third-order valence-electron chi connectivity index (χ3n) is 4.56. The molecule has 6 nitrogen and oxygen atoms in total. The predicted octanol–water partition coefficient (Wildman–Crippen LogP) is 3.05. The Balaban J connectivity index is 1.71. The van der Waals surface area contributed by atoms with E-state index in [9.17, 15) is 4.79 Å². The van der Waals surface area contributed by atoms with Gasteiger partial charge in [-0.05, 0) is 38.1 Å². The molecule has 1 fully saturated rings. The molecule has 1 aliphatic rings. The largest absolute Gasteiger partial charge is 0.475 e. The van der Waals surface area contributed by atoms with Gasteiger partial charge in [0.25, 0.3) is 0 Å². The summed E-state index contributed by atoms with van der Waals surface area (Å²) in [5.74, 6) is 0.496. The lowest BCUT2D eigenvalue weighted by Crippen LogP contribution is -2.43. The molecule has 3 heterocycles. The van der Waals surface area contributed by atoms with Crippen LogP contribution in [0.25, 0.3) is 22.2 Å². The maximum Gasteiger partial charge on any atom is 0.345 e. The van der Waals surface area contributed by atoms with E-state index in [1.165, 1.54) is 0 Å². The summed E-state index contributed by atoms with van der Waals surface area (Å²) in [6, 6.07) is 13.3. The Morgan fingerprint density at radius 1 is 1.15 bits per heavy atom. The SMILES string of the molecule is CC(C)Oc1cccc(-c2cc3ccc(N4CCNCC4)cc3oc2=O)n1. The fourth-order valence-corrected chi connectivity index (χ4v) is 3.27. The van der Waals surface area contributed by atoms with Crippen molar-refractivity contribution < 1.29 is 9.15 Å². The number of anilines is 1. The number of nitrogens with zero attached hydrogens (tertiary/aromatic N) is 2. The first-order valence-electron chi connectivity index (χ1n) is 9.28. The Morgan fingerprint density at radius 2 is 1.96 bits per heavy atom. The van der Waals surface area contributed by atoms with Crippen molar-refractivity contribution in [1.82, 2.24) is 10.3 Å². The molecule has 27 heavy (non-hydrogen) atoms. The molecule has 0 spiro atoms. The van der Waals surface area contributed by atoms with Gasteiger partial charge in [-0.3, -0.25) is 0 Å². The van der Waals surface area contributed by atoms with E-state index in [0.717, 1.165) is 37.3 Å². The summed E-state index contributed by atoms with van der Waals surface area (Å²) in [5.41, 5.74) is 2.26. The van der Waals surface area contributed by atoms with Crippen LogP contribution in [0.15, 0.2) is 51.7 Å². The molecule has 0 atom stereocenters. The second-order valence-electron chi connectivity index (χ2n) is 6.93. The van der Waals surface area contributed by atoms with Crippen molar-refractivity contribution in [3.8, 4) is 17.1 Å². The molecule has 1 aliphatic heterocycles. The van der Waals surface area contributed by atoms with Crippen molar-refractivity contribution in [1.29, 1.82) is 0 Å². The van der Waals surface area contributed by atoms with Gasteiger partial charge < -0.3 is 19.4 Å². The minimum absolute atomic E-state index is 0.0178. The zero-order chi connectivity index (χ0) is 18.8. The first-order chi connectivity index (χ1) is 13.1. The molecule has 1 aromatic carbocycles. The second kappa shape index (κ2) is 7.40. The molecule has 0 radical (unpaired) electrons. The fraction of sp³-hybridized carbons (Fsp3) is 0.333. The molecule has 140 valence electrons. The summed E-state index contributed by atoms with van der Waals surface area (Å²) in [7, 11) is 0. The van der Waals surface area contributed by atoms with Crippen LogP contribution in [0.2, 0.25) is 0 Å². The summed E-state index contributed by atoms with van der Waals surface area (Å²) >= 11 is 0. The number of pyridine rings is 1. The van der Waals surface area contributed by atoms with Gasteiger partial charge in [0.1, 0.15) is 5.58 Å². The molecule has 0 aliphatic carbocycles. The van der Waals surface area contributed by atoms with E-state index in [1.54, 1.807) is 12.1 Å². The molecule has 2 aromatic heterocycles. The highest BCUT2D eigenvalue weighted by atomic mass is 16.5. The first kappa shape index (κ1) is 17.5. The molecule has 0 bridgehead atoms. The van der Waals surface area contributed by atoms with Crippen LogP contribution < -0.4 is 20.6 Å². The molecule has 0 amide bonds. The summed E-state index contributed by atoms with van der Waals surface area (Å²) in [4.78, 5) is 19.3. The number of rotatable bonds is 4. The fourth-order valence-electron chi connectivity index (χ4n) is 3.27. The predicted molar refractivity (Wildman–Crippen MR) is 107 cm³/mol. The van der Waals surface area contributed by atoms with Gasteiger partial charge in [-0.1, -0.05) is 6.07 Å². The van der Waals surface area contributed by atoms with Gasteiger partial charge in [0, 0.05) is 49.4 Å². The Morgan fingerprint density at radius 3 is 2.74 bits per heavy atom. The van der Waals surface area contributed by atoms with Crippen LogP contribution in [-0.4, -0.2) is 37.3 Å². The van der Waals surface area contributed by atoms with Crippen molar-refractivity contribution >= 4 is 16.7 Å². The van der Waals surface area contributed by atoms with Crippen molar-refractivity contribution in [2.75, 3.05) is 31.1 Å². The number of piperazine rings is 1. The number of benzene rings is 1. The zero-order valence-corrected chi connectivity index (χ0v) is 15.6. The third kappa shape index (κ3) is 3.80. The maximum absolute atomic E-state index is 12.6. The van der Waals surface area contributed by atoms with Crippen LogP contribution in [0.1, 0.15) is 13.8 Å². The van der Waals surface area contributed by atoms with Crippen LogP contribution in [0.4, 0.5) is 5.69 Å². The Hall–Kier alpha value is -2.86. The van der Waals surface area contributed by atoms with Crippen molar-refractivity contribution in [3.63, 3.8) is 0 Å². The lowest BCUT2D eigenvalue weighted by atomic mass is 10.1. The summed E-state index contributed by atoms with van der Waals surface area (Å²) < 4.78 is 11.3. The van der Waals surface area contributed by atoms with Crippen LogP contribution in [0.5, 0.6) is 5.88 Å². The quantitative estimate of drug-likeness (QED) is 0.717. The van der Waals surface area contributed by atoms with Crippen molar-refractivity contribution in [2.45, 2.75) is 20.0 Å². The second-order valence-corrected chi connectivity index (χ2v) is 6.93. The Bertz CT molecular complexity index is 1010. The molecule has 0 saturated carbocycles. The van der Waals surface area contributed by atoms with Gasteiger partial charge in [-0.25, -0.2) is 9.78 Å². The maximum atomic E-state index is 12.6. The van der Waals surface area contributed by atoms with Crippen LogP contribution in [0.3, 0.4) is 0 Å². The third-order valence-corrected chi connectivity index (χ3v) is 4.56. The lowest BCUT2D eigenvalue weighted by Gasteiger charge is -2.29. The van der Waals surface area contributed by atoms with Crippen molar-refractivity contribution in [3.05, 3.63) is 52.9 Å². The van der Waals surface area contributed by atoms with E-state index >= 15 is 0 Å². The average Bonchev–Trinajstić information content (AvgIpc) is 2.67. The van der Waals surface area contributed by atoms with Crippen LogP contribution in [-0.2, 0) is 0 Å². The van der Waals surface area contributed by atoms with Gasteiger partial charge in [0.2, 0.25) is 5.88 Å². The number of ether oxygens (including phenoxy) is 1. The number of nitrogens with one attached hydrogen (secondary N) is 1. The Kier molecular flexibility index (Phi) is 4.81. The highest BCUT2D eigenvalue weighted by Crippen LogP contribution is 2.25. The van der Waals surface area contributed by atoms with E-state index in [-0.39, 0.29) is 6.10 Å². The standard InChI is InChI=1S/C21H23N3O3/c1-14(2)26-20-5-3-4-18(23-20)17-12-15-6-7-16(13-19(15)27-21(17)25)24-10-8-22-9-11-24/h3-7,12-14,22H,8-11H2,1-2H3. The van der Waals surface area contributed by atoms with Gasteiger partial charge in [0.15, 0.2) is 0 Å². The van der Waals surface area contributed by atoms with Gasteiger partial charge in [-0.2, -0.15) is 0 Å². The van der Waals surface area contributed by atoms with Gasteiger partial charge in [0.05, 0.1) is 17.4 Å². The molecule has 1 saturated heterocycles. The number of hydrogen-bond donors (Lipinski definition) is 1. The molecule has 6 heteroatoms. The molecular formula is C21H23N3O3. The summed E-state index contributed by atoms with van der Waals surface area (Å²) in [5, 5.41) is 4.22. The van der Waals surface area contributed by atoms with Gasteiger partial charge in [-0.15, -0.1) is 0 Å². The van der Waals surface area contributed by atoms with E-state index in [1.807, 2.05) is 38.1 Å². The number of hydrogen-bond acceptors (Lipinski definition) is 6. The van der Waals surface area contributed by atoms with E-state index in [2.05, 4.69) is 21.3 Å². The van der Waals surface area contributed by atoms with E-state index in [0.29, 0.717) is 22.7 Å². The van der Waals surface area contributed by atoms with Gasteiger partial charge >= 0.3 is 5.63 Å². The highest BCUT2D eigenvalue weighted by Gasteiger charge is 2.14. The molecule has 3 aromatic rings. The first-order valence-corrected chi connectivity index (χ1v) is 9.28. The lowest BCUT2D eigenvalue weighted by molar-refractivity contribution is 0.233. The van der Waals surface area contributed by atoms with Crippen LogP contribution >= 0.6 is 0 Å². The topological polar surface area (TPSA) is 67.6 Å². The van der Waals surface area contributed by atoms with Crippen molar-refractivity contribution in [2.24, 2.45) is 0 Å². The minimum Gasteiger partial charge on any atom is -0.475 e. The molecule has 0 unspecified atom stereocenters. The zero-order valence-electron chi connectivity index (χ0n) is 15.6. The molecular weight excluding hydrogens is 342 g/mol. The highest BCUT2D eigenvalue weighted by molar-refractivity contribution is 5.84. The monoisotopic (exact) mass is 365 g/mol. The Labute approximate surface area is 157 Å². The van der Waals surface area contributed by atoms with E-state index in [4.69, 9.17) is 9.15 Å². The van der Waals surface area contributed by atoms with Crippen LogP contribution in [0, 0.1) is 0 Å². The van der Waals surface area contributed by atoms with E-state index < -0.39 is 5.63 Å². The summed E-state index contributed by atoms with van der Waals surface area (Å²) in [6.45, 7) is 7.69. The minimum atomic E-state index is -0.394. The molecule has 1 N–H and O–H groups in total. The normalized spacial score (nSPS) is 14.7. The smallest absolute Gasteiger partial charge is 0.345 e. The summed E-state index contributed by atoms with van der Waals surface area (Å²) in [6.07, 6.45) is 0.0178.